The molecule has 0 aliphatic carbocycles. The van der Waals surface area contributed by atoms with Gasteiger partial charge in [0, 0.05) is 43.9 Å². The van der Waals surface area contributed by atoms with Crippen LogP contribution >= 0.6 is 0 Å². The summed E-state index contributed by atoms with van der Waals surface area (Å²) in [5.41, 5.74) is 1.45. The van der Waals surface area contributed by atoms with Gasteiger partial charge in [-0.2, -0.15) is 0 Å². The number of carbonyl (C=O) groups is 2. The summed E-state index contributed by atoms with van der Waals surface area (Å²) < 4.78 is 19.2. The van der Waals surface area contributed by atoms with Crippen LogP contribution in [0, 0.1) is 11.7 Å². The molecular weight excluding hydrogens is 391 g/mol. The number of phenolic OH excluding ortho intramolecular Hbond substituents is 1. The quantitative estimate of drug-likeness (QED) is 0.598. The summed E-state index contributed by atoms with van der Waals surface area (Å²) in [5.74, 6) is -0.370. The Morgan fingerprint density at radius 2 is 2.10 bits per heavy atom. The Bertz CT molecular complexity index is 846. The molecule has 7 nitrogen and oxygen atoms in total. The summed E-state index contributed by atoms with van der Waals surface area (Å²) in [6.45, 7) is 4.00. The zero-order valence-electron chi connectivity index (χ0n) is 16.9. The highest BCUT2D eigenvalue weighted by Crippen LogP contribution is 2.26. The highest BCUT2D eigenvalue weighted by atomic mass is 19.1. The fraction of sp³-hybridized carbons (Fsp3) is 0.364. The Morgan fingerprint density at radius 1 is 1.33 bits per heavy atom. The normalized spacial score (nSPS) is 15.9. The number of hydrogen-bond donors (Lipinski definition) is 3. The Labute approximate surface area is 175 Å². The highest BCUT2D eigenvalue weighted by molar-refractivity contribution is 5.95. The molecule has 1 aliphatic rings. The van der Waals surface area contributed by atoms with Crippen molar-refractivity contribution < 1.29 is 28.9 Å². The molecule has 0 saturated carbocycles. The van der Waals surface area contributed by atoms with Gasteiger partial charge in [-0.05, 0) is 48.7 Å². The van der Waals surface area contributed by atoms with Gasteiger partial charge in [-0.15, -0.1) is 0 Å². The van der Waals surface area contributed by atoms with Crippen molar-refractivity contribution in [2.24, 2.45) is 5.92 Å². The fourth-order valence-corrected chi connectivity index (χ4v) is 3.41. The van der Waals surface area contributed by atoms with Crippen molar-refractivity contribution in [3.8, 4) is 16.9 Å². The van der Waals surface area contributed by atoms with Crippen molar-refractivity contribution in [2.45, 2.75) is 6.42 Å². The number of carboxylic acid groups (broad SMARTS) is 1. The van der Waals surface area contributed by atoms with Gasteiger partial charge in [0.1, 0.15) is 11.6 Å². The first-order valence-electron chi connectivity index (χ1n) is 9.64. The van der Waals surface area contributed by atoms with Gasteiger partial charge in [0.2, 0.25) is 0 Å². The number of carbonyl (C=O) groups excluding carboxylic acids is 1. The first-order valence-corrected chi connectivity index (χ1v) is 9.64. The van der Waals surface area contributed by atoms with E-state index >= 15 is 0 Å². The minimum absolute atomic E-state index is 0.124. The van der Waals surface area contributed by atoms with Crippen LogP contribution in [0.25, 0.3) is 11.1 Å². The Morgan fingerprint density at radius 3 is 2.80 bits per heavy atom. The van der Waals surface area contributed by atoms with E-state index in [0.29, 0.717) is 29.2 Å². The Balaban J connectivity index is 0.00000101. The molecule has 0 spiro atoms. The average molecular weight is 418 g/mol. The lowest BCUT2D eigenvalue weighted by molar-refractivity contribution is -0.122. The molecule has 0 radical (unpaired) electrons. The Hall–Kier alpha value is -2.97. The minimum Gasteiger partial charge on any atom is -0.508 e. The third-order valence-corrected chi connectivity index (χ3v) is 4.92. The van der Waals surface area contributed by atoms with Crippen LogP contribution in [0.5, 0.6) is 5.75 Å². The first-order chi connectivity index (χ1) is 14.5. The van der Waals surface area contributed by atoms with Crippen molar-refractivity contribution in [1.29, 1.82) is 0 Å². The van der Waals surface area contributed by atoms with Crippen LogP contribution in [0.1, 0.15) is 16.8 Å². The lowest BCUT2D eigenvalue weighted by atomic mass is 10.0. The van der Waals surface area contributed by atoms with Gasteiger partial charge < -0.3 is 25.2 Å². The molecule has 1 atom stereocenters. The van der Waals surface area contributed by atoms with Crippen LogP contribution in [-0.2, 0) is 9.53 Å². The van der Waals surface area contributed by atoms with Gasteiger partial charge in [-0.25, -0.2) is 4.39 Å². The summed E-state index contributed by atoms with van der Waals surface area (Å²) in [4.78, 5) is 23.2. The standard InChI is InChI=1S/C21H25FN2O3.CH2O2/c1-27-10-9-24-8-7-15(14-24)13-23-21(26)17-4-2-3-16(11-17)19-6-5-18(25)12-20(19)22;2-1-3/h2-6,11-12,15,25H,7-10,13-14H2,1H3,(H,23,26);1H,(H,2,3). The monoisotopic (exact) mass is 418 g/mol. The van der Waals surface area contributed by atoms with Crippen LogP contribution in [0.4, 0.5) is 4.39 Å². The molecular formula is C22H27FN2O5. The summed E-state index contributed by atoms with van der Waals surface area (Å²) in [7, 11) is 1.70. The molecule has 8 heteroatoms. The van der Waals surface area contributed by atoms with E-state index in [-0.39, 0.29) is 18.1 Å². The molecule has 2 aromatic rings. The molecule has 2 aromatic carbocycles. The lowest BCUT2D eigenvalue weighted by Gasteiger charge is -2.15. The molecule has 162 valence electrons. The number of methoxy groups -OCH3 is 1. The van der Waals surface area contributed by atoms with E-state index in [1.54, 1.807) is 31.4 Å². The highest BCUT2D eigenvalue weighted by Gasteiger charge is 2.22. The number of phenols is 1. The molecule has 1 heterocycles. The van der Waals surface area contributed by atoms with Crippen LogP contribution in [-0.4, -0.2) is 67.4 Å². The molecule has 3 rings (SSSR count). The number of halogens is 1. The molecule has 3 N–H and O–H groups in total. The van der Waals surface area contributed by atoms with Gasteiger partial charge in [-0.1, -0.05) is 12.1 Å². The van der Waals surface area contributed by atoms with E-state index in [2.05, 4.69) is 10.2 Å². The predicted octanol–water partition coefficient (Wildman–Crippen LogP) is 2.60. The topological polar surface area (TPSA) is 99.1 Å². The van der Waals surface area contributed by atoms with Crippen LogP contribution in [0.3, 0.4) is 0 Å². The molecule has 30 heavy (non-hydrogen) atoms. The SMILES string of the molecule is COCCN1CCC(CNC(=O)c2cccc(-c3ccc(O)cc3F)c2)C1.O=CO. The molecule has 0 aromatic heterocycles. The van der Waals surface area contributed by atoms with E-state index in [9.17, 15) is 14.3 Å². The number of aromatic hydroxyl groups is 1. The van der Waals surface area contributed by atoms with Crippen molar-refractivity contribution >= 4 is 12.4 Å². The van der Waals surface area contributed by atoms with E-state index in [1.165, 1.54) is 12.1 Å². The number of nitrogens with zero attached hydrogens (tertiary/aromatic N) is 1. The number of ether oxygens (including phenoxy) is 1. The van der Waals surface area contributed by atoms with Crippen molar-refractivity contribution in [3.05, 3.63) is 53.8 Å². The average Bonchev–Trinajstić information content (AvgIpc) is 3.19. The number of benzene rings is 2. The fourth-order valence-electron chi connectivity index (χ4n) is 3.41. The number of likely N-dealkylation sites (tertiary alicyclic amines) is 1. The van der Waals surface area contributed by atoms with Gasteiger partial charge in [0.25, 0.3) is 12.4 Å². The van der Waals surface area contributed by atoms with Crippen molar-refractivity contribution in [1.82, 2.24) is 10.2 Å². The summed E-state index contributed by atoms with van der Waals surface area (Å²) in [5, 5.41) is 19.2. The second kappa shape index (κ2) is 11.9. The zero-order chi connectivity index (χ0) is 21.9. The van der Waals surface area contributed by atoms with Gasteiger partial charge in [0.05, 0.1) is 6.61 Å². The number of rotatable bonds is 7. The first kappa shape index (κ1) is 23.3. The van der Waals surface area contributed by atoms with Crippen LogP contribution in [0.15, 0.2) is 42.5 Å². The minimum atomic E-state index is -0.519. The van der Waals surface area contributed by atoms with Crippen LogP contribution in [0.2, 0.25) is 0 Å². The summed E-state index contributed by atoms with van der Waals surface area (Å²) in [6, 6.07) is 10.9. The van der Waals surface area contributed by atoms with E-state index in [4.69, 9.17) is 14.6 Å². The molecule has 1 fully saturated rings. The van der Waals surface area contributed by atoms with Gasteiger partial charge in [-0.3, -0.25) is 9.59 Å². The van der Waals surface area contributed by atoms with Gasteiger partial charge >= 0.3 is 0 Å². The molecule has 1 amide bonds. The third-order valence-electron chi connectivity index (χ3n) is 4.92. The second-order valence-electron chi connectivity index (χ2n) is 7.01. The molecule has 1 saturated heterocycles. The summed E-state index contributed by atoms with van der Waals surface area (Å²) in [6.07, 6.45) is 1.06. The number of hydrogen-bond acceptors (Lipinski definition) is 5. The van der Waals surface area contributed by atoms with Gasteiger partial charge in [0.15, 0.2) is 0 Å². The maximum atomic E-state index is 14.1. The molecule has 1 aliphatic heterocycles. The Kier molecular flexibility index (Phi) is 9.24. The lowest BCUT2D eigenvalue weighted by Crippen LogP contribution is -2.31. The maximum absolute atomic E-state index is 14.1. The number of nitrogens with one attached hydrogen (secondary N) is 1. The van der Waals surface area contributed by atoms with E-state index in [0.717, 1.165) is 38.7 Å². The van der Waals surface area contributed by atoms with Crippen LogP contribution < -0.4 is 5.32 Å². The largest absolute Gasteiger partial charge is 0.508 e. The smallest absolute Gasteiger partial charge is 0.290 e. The van der Waals surface area contributed by atoms with E-state index < -0.39 is 5.82 Å². The molecule has 0 bridgehead atoms. The maximum Gasteiger partial charge on any atom is 0.290 e. The van der Waals surface area contributed by atoms with Crippen molar-refractivity contribution in [3.63, 3.8) is 0 Å². The third kappa shape index (κ3) is 6.82. The second-order valence-corrected chi connectivity index (χ2v) is 7.01. The van der Waals surface area contributed by atoms with E-state index in [1.807, 2.05) is 0 Å². The summed E-state index contributed by atoms with van der Waals surface area (Å²) >= 11 is 0. The predicted molar refractivity (Wildman–Crippen MR) is 111 cm³/mol. The number of amides is 1. The molecule has 1 unspecified atom stereocenters. The van der Waals surface area contributed by atoms with Crippen molar-refractivity contribution in [2.75, 3.05) is 39.9 Å². The zero-order valence-corrected chi connectivity index (χ0v) is 16.9.